The molecule has 2 fully saturated rings. The number of nitrogens with zero attached hydrogens (tertiary/aromatic N) is 4. The lowest BCUT2D eigenvalue weighted by atomic mass is 9.98. The maximum Gasteiger partial charge on any atom is 0.265 e. The molecule has 4 heterocycles. The Morgan fingerprint density at radius 1 is 0.672 bits per heavy atom. The predicted octanol–water partition coefficient (Wildman–Crippen LogP) is 3.34. The molecule has 0 aliphatic carbocycles. The quantitative estimate of drug-likeness (QED) is 0.101. The van der Waals surface area contributed by atoms with Crippen LogP contribution in [-0.4, -0.2) is 109 Å². The van der Waals surface area contributed by atoms with Crippen LogP contribution in [-0.2, 0) is 43.5 Å². The Morgan fingerprint density at radius 3 is 1.39 bits per heavy atom. The first-order valence-corrected chi connectivity index (χ1v) is 22.1. The van der Waals surface area contributed by atoms with Crippen LogP contribution in [0.25, 0.3) is 22.5 Å². The fourth-order valence-corrected chi connectivity index (χ4v) is 10.4. The van der Waals surface area contributed by atoms with Crippen LogP contribution < -0.4 is 11.0 Å². The second-order valence-corrected chi connectivity index (χ2v) is 18.9. The van der Waals surface area contributed by atoms with Gasteiger partial charge < -0.3 is 14.2 Å². The molecule has 0 radical (unpaired) electrons. The van der Waals surface area contributed by atoms with Gasteiger partial charge in [-0.2, -0.15) is 0 Å². The lowest BCUT2D eigenvalue weighted by molar-refractivity contribution is -0.135. The Balaban J connectivity index is 0.000000231. The van der Waals surface area contributed by atoms with Gasteiger partial charge in [-0.3, -0.25) is 30.0 Å². The van der Waals surface area contributed by atoms with Gasteiger partial charge in [0, 0.05) is 51.1 Å². The van der Waals surface area contributed by atoms with Crippen molar-refractivity contribution in [2.75, 3.05) is 40.1 Å². The van der Waals surface area contributed by atoms with Gasteiger partial charge in [-0.1, -0.05) is 50.0 Å². The van der Waals surface area contributed by atoms with E-state index in [4.69, 9.17) is 24.6 Å². The zero-order valence-electron chi connectivity index (χ0n) is 33.8. The molecule has 4 N–H and O–H groups in total. The number of nitrogens with one attached hydrogen (secondary N) is 2. The number of ether oxygens (including phenoxy) is 3. The fourth-order valence-electron chi connectivity index (χ4n) is 6.53. The number of sulfone groups is 2. The van der Waals surface area contributed by atoms with Gasteiger partial charge in [0.2, 0.25) is 0 Å². The van der Waals surface area contributed by atoms with Crippen LogP contribution >= 0.6 is 0 Å². The van der Waals surface area contributed by atoms with Gasteiger partial charge in [-0.05, 0) is 67.7 Å². The Morgan fingerprint density at radius 2 is 1.07 bits per heavy atom. The molecule has 61 heavy (non-hydrogen) atoms. The number of aromatic nitrogens is 4. The molecule has 0 unspecified atom stereocenters. The largest absolute Gasteiger partial charge is 0.381 e. The highest BCUT2D eigenvalue weighted by molar-refractivity contribution is 7.94. The summed E-state index contributed by atoms with van der Waals surface area (Å²) in [5, 5.41) is 18.2. The van der Waals surface area contributed by atoms with Crippen molar-refractivity contribution in [1.29, 1.82) is 0 Å². The number of hydrogen-bond acceptors (Lipinski definition) is 15. The fraction of sp³-hybridized carbons (Fsp3) is 0.381. The molecular formula is C42H46N6O11S2. The molecule has 0 bridgehead atoms. The van der Waals surface area contributed by atoms with Crippen LogP contribution in [0.2, 0.25) is 0 Å². The van der Waals surface area contributed by atoms with E-state index in [1.165, 1.54) is 41.4 Å². The van der Waals surface area contributed by atoms with Crippen molar-refractivity contribution in [2.24, 2.45) is 5.92 Å². The molecule has 322 valence electrons. The molecule has 0 saturated carbocycles. The summed E-state index contributed by atoms with van der Waals surface area (Å²) < 4.78 is 64.8. The number of rotatable bonds is 10. The molecule has 17 nitrogen and oxygen atoms in total. The third-order valence-corrected chi connectivity index (χ3v) is 15.1. The summed E-state index contributed by atoms with van der Waals surface area (Å²) in [6.07, 6.45) is 6.85. The lowest BCUT2D eigenvalue weighted by Crippen LogP contribution is -2.54. The van der Waals surface area contributed by atoms with Crippen LogP contribution in [0, 0.1) is 29.6 Å². The molecule has 0 atom stereocenters. The maximum absolute atomic E-state index is 13.3. The third kappa shape index (κ3) is 10.5. The summed E-state index contributed by atoms with van der Waals surface area (Å²) in [6.45, 7) is 4.93. The molecule has 2 aliphatic heterocycles. The standard InChI is InChI=1S/C22H25N3O5S.C20H21N3O6S/c1-16(2)4-3-5-18-14-24-20(15-23-18)17-6-8-19(9-7-17)31(28,29)22(21(26)25-27)10-12-30-13-11-22;1-28-10-2-3-16-13-22-18(14-21-16)15-4-6-17(7-5-15)30(26,27)20(19(24)23-25)8-11-29-12-9-20/h6-9,14-16,27H,4,10-13H2,1-2H3,(H,25,26);4-7,13-14,25H,8-12H2,1H3,(H,23,24). The number of carbonyl (C=O) groups excluding carboxylic acids is 2. The average Bonchev–Trinajstić information content (AvgIpc) is 3.29. The van der Waals surface area contributed by atoms with Crippen molar-refractivity contribution in [3.63, 3.8) is 0 Å². The normalized spacial score (nSPS) is 15.7. The van der Waals surface area contributed by atoms with E-state index < -0.39 is 41.0 Å². The SMILES string of the molecule is CC(C)CC#Cc1cnc(-c2ccc(S(=O)(=O)C3(C(=O)NO)CCOCC3)cc2)cn1.COCC#Cc1cnc(-c2ccc(S(=O)(=O)C3(C(=O)NO)CCOCC3)cc2)cn1. The number of carbonyl (C=O) groups is 2. The number of methoxy groups -OCH3 is 1. The monoisotopic (exact) mass is 874 g/mol. The summed E-state index contributed by atoms with van der Waals surface area (Å²) in [5.41, 5.74) is 6.54. The van der Waals surface area contributed by atoms with Gasteiger partial charge in [0.05, 0.1) is 46.0 Å². The van der Waals surface area contributed by atoms with E-state index >= 15 is 0 Å². The Kier molecular flexibility index (Phi) is 15.8. The molecular weight excluding hydrogens is 829 g/mol. The van der Waals surface area contributed by atoms with Crippen molar-refractivity contribution >= 4 is 31.5 Å². The van der Waals surface area contributed by atoms with E-state index in [9.17, 15) is 26.4 Å². The van der Waals surface area contributed by atoms with Gasteiger partial charge in [-0.15, -0.1) is 0 Å². The number of benzene rings is 2. The van der Waals surface area contributed by atoms with E-state index in [-0.39, 0.29) is 61.9 Å². The molecule has 2 aromatic carbocycles. The summed E-state index contributed by atoms with van der Waals surface area (Å²) >= 11 is 0. The molecule has 6 rings (SSSR count). The third-order valence-electron chi connectivity index (χ3n) is 10.0. The average molecular weight is 875 g/mol. The van der Waals surface area contributed by atoms with Crippen LogP contribution in [0.5, 0.6) is 0 Å². The minimum Gasteiger partial charge on any atom is -0.381 e. The molecule has 4 aromatic rings. The van der Waals surface area contributed by atoms with Crippen molar-refractivity contribution in [1.82, 2.24) is 30.9 Å². The van der Waals surface area contributed by atoms with E-state index in [0.29, 0.717) is 46.4 Å². The van der Waals surface area contributed by atoms with E-state index in [0.717, 1.165) is 6.42 Å². The van der Waals surface area contributed by atoms with Crippen molar-refractivity contribution < 1.29 is 51.0 Å². The first-order valence-electron chi connectivity index (χ1n) is 19.1. The van der Waals surface area contributed by atoms with Crippen LogP contribution in [0.1, 0.15) is 57.3 Å². The smallest absolute Gasteiger partial charge is 0.265 e. The van der Waals surface area contributed by atoms with Gasteiger partial charge in [0.25, 0.3) is 11.8 Å². The maximum atomic E-state index is 13.3. The number of hydroxylamine groups is 2. The zero-order valence-corrected chi connectivity index (χ0v) is 35.4. The highest BCUT2D eigenvalue weighted by Crippen LogP contribution is 2.37. The highest BCUT2D eigenvalue weighted by Gasteiger charge is 2.53. The van der Waals surface area contributed by atoms with Gasteiger partial charge in [-0.25, -0.2) is 37.8 Å². The molecule has 2 aliphatic rings. The summed E-state index contributed by atoms with van der Waals surface area (Å²) in [6, 6.07) is 12.1. The first-order chi connectivity index (χ1) is 29.2. The second kappa shape index (κ2) is 20.8. The summed E-state index contributed by atoms with van der Waals surface area (Å²) in [5.74, 6) is 10.2. The van der Waals surface area contributed by atoms with Gasteiger partial charge in [0.15, 0.2) is 29.2 Å². The van der Waals surface area contributed by atoms with E-state index in [1.54, 1.807) is 50.0 Å². The Hall–Kier alpha value is -5.64. The Labute approximate surface area is 354 Å². The molecule has 2 aromatic heterocycles. The van der Waals surface area contributed by atoms with Crippen molar-refractivity contribution in [3.8, 4) is 46.2 Å². The van der Waals surface area contributed by atoms with Crippen molar-refractivity contribution in [3.05, 3.63) is 84.7 Å². The number of amides is 2. The van der Waals surface area contributed by atoms with Crippen LogP contribution in [0.3, 0.4) is 0 Å². The van der Waals surface area contributed by atoms with Gasteiger partial charge in [0.1, 0.15) is 18.0 Å². The summed E-state index contributed by atoms with van der Waals surface area (Å²) in [7, 11) is -6.59. The predicted molar refractivity (Wildman–Crippen MR) is 220 cm³/mol. The Bertz CT molecular complexity index is 2480. The second-order valence-electron chi connectivity index (χ2n) is 14.4. The van der Waals surface area contributed by atoms with E-state index in [2.05, 4.69) is 57.5 Å². The molecule has 0 spiro atoms. The minimum absolute atomic E-state index is 0.00844. The highest BCUT2D eigenvalue weighted by atomic mass is 32.2. The molecule has 2 amide bonds. The lowest BCUT2D eigenvalue weighted by Gasteiger charge is -2.34. The van der Waals surface area contributed by atoms with Crippen LogP contribution in [0.15, 0.2) is 83.1 Å². The minimum atomic E-state index is -4.07. The first kappa shape index (κ1) is 46.4. The summed E-state index contributed by atoms with van der Waals surface area (Å²) in [4.78, 5) is 41.7. The molecule has 2 saturated heterocycles. The zero-order chi connectivity index (χ0) is 44.1. The topological polar surface area (TPSA) is 246 Å². The number of hydrogen-bond donors (Lipinski definition) is 4. The van der Waals surface area contributed by atoms with Crippen LogP contribution in [0.4, 0.5) is 0 Å². The van der Waals surface area contributed by atoms with E-state index in [1.807, 2.05) is 0 Å². The molecule has 19 heteroatoms. The van der Waals surface area contributed by atoms with Crippen molar-refractivity contribution in [2.45, 2.75) is 65.2 Å². The van der Waals surface area contributed by atoms with Gasteiger partial charge >= 0.3 is 0 Å².